The summed E-state index contributed by atoms with van der Waals surface area (Å²) in [6, 6.07) is 13.9. The van der Waals surface area contributed by atoms with Gasteiger partial charge in [0.1, 0.15) is 6.04 Å². The SMILES string of the molecule is Cc1ccc(S(=O)(=O)N2CCC[C@H]2C(=O)NCc2cccc(COC(C)C)c2)cc1. The highest BCUT2D eigenvalue weighted by Crippen LogP contribution is 2.26. The van der Waals surface area contributed by atoms with Gasteiger partial charge in [0, 0.05) is 13.1 Å². The predicted octanol–water partition coefficient (Wildman–Crippen LogP) is 3.39. The van der Waals surface area contributed by atoms with Crippen molar-refractivity contribution in [2.24, 2.45) is 0 Å². The number of carbonyl (C=O) groups is 1. The largest absolute Gasteiger partial charge is 0.374 e. The van der Waals surface area contributed by atoms with Crippen LogP contribution in [0.5, 0.6) is 0 Å². The number of amides is 1. The zero-order valence-electron chi connectivity index (χ0n) is 17.8. The molecule has 1 amide bonds. The molecular weight excluding hydrogens is 400 g/mol. The van der Waals surface area contributed by atoms with Gasteiger partial charge in [0.15, 0.2) is 0 Å². The number of aryl methyl sites for hydroxylation is 1. The lowest BCUT2D eigenvalue weighted by molar-refractivity contribution is -0.124. The number of ether oxygens (including phenoxy) is 1. The van der Waals surface area contributed by atoms with E-state index >= 15 is 0 Å². The maximum atomic E-state index is 13.0. The lowest BCUT2D eigenvalue weighted by Crippen LogP contribution is -2.45. The fourth-order valence-corrected chi connectivity index (χ4v) is 5.19. The van der Waals surface area contributed by atoms with E-state index in [1.165, 1.54) is 4.31 Å². The van der Waals surface area contributed by atoms with E-state index < -0.39 is 16.1 Å². The second kappa shape index (κ2) is 9.73. The fourth-order valence-electron chi connectivity index (χ4n) is 3.53. The molecule has 0 spiro atoms. The van der Waals surface area contributed by atoms with Crippen LogP contribution in [0.25, 0.3) is 0 Å². The summed E-state index contributed by atoms with van der Waals surface area (Å²) < 4.78 is 33.0. The lowest BCUT2D eigenvalue weighted by atomic mass is 10.1. The molecule has 1 aliphatic heterocycles. The van der Waals surface area contributed by atoms with Crippen molar-refractivity contribution in [3.8, 4) is 0 Å². The Bertz CT molecular complexity index is 971. The number of nitrogens with zero attached hydrogens (tertiary/aromatic N) is 1. The minimum absolute atomic E-state index is 0.150. The highest BCUT2D eigenvalue weighted by molar-refractivity contribution is 7.89. The summed E-state index contributed by atoms with van der Waals surface area (Å²) >= 11 is 0. The molecule has 30 heavy (non-hydrogen) atoms. The number of hydrogen-bond acceptors (Lipinski definition) is 4. The van der Waals surface area contributed by atoms with Gasteiger partial charge in [0.25, 0.3) is 0 Å². The Hall–Kier alpha value is -2.22. The molecule has 0 unspecified atom stereocenters. The standard InChI is InChI=1S/C23H30N2O4S/c1-17(2)29-16-20-7-4-6-19(14-20)15-24-23(26)22-8-5-13-25(22)30(27,28)21-11-9-18(3)10-12-21/h4,6-7,9-12,14,17,22H,5,8,13,15-16H2,1-3H3,(H,24,26)/t22-/m0/s1. The normalized spacial score (nSPS) is 17.4. The molecule has 0 bridgehead atoms. The second-order valence-corrected chi connectivity index (χ2v) is 9.87. The molecule has 1 N–H and O–H groups in total. The van der Waals surface area contributed by atoms with E-state index in [-0.39, 0.29) is 16.9 Å². The number of rotatable bonds is 8. The second-order valence-electron chi connectivity index (χ2n) is 7.98. The molecule has 3 rings (SSSR count). The number of carbonyl (C=O) groups excluding carboxylic acids is 1. The Balaban J connectivity index is 1.65. The van der Waals surface area contributed by atoms with Gasteiger partial charge < -0.3 is 10.1 Å². The smallest absolute Gasteiger partial charge is 0.243 e. The maximum absolute atomic E-state index is 13.0. The molecule has 0 saturated carbocycles. The van der Waals surface area contributed by atoms with Crippen molar-refractivity contribution in [1.82, 2.24) is 9.62 Å². The minimum Gasteiger partial charge on any atom is -0.374 e. The highest BCUT2D eigenvalue weighted by atomic mass is 32.2. The molecule has 1 saturated heterocycles. The predicted molar refractivity (Wildman–Crippen MR) is 116 cm³/mol. The van der Waals surface area contributed by atoms with Crippen molar-refractivity contribution < 1.29 is 17.9 Å². The molecular formula is C23H30N2O4S. The van der Waals surface area contributed by atoms with Crippen LogP contribution in [0.3, 0.4) is 0 Å². The van der Waals surface area contributed by atoms with E-state index in [9.17, 15) is 13.2 Å². The van der Waals surface area contributed by atoms with Crippen LogP contribution < -0.4 is 5.32 Å². The molecule has 0 radical (unpaired) electrons. The number of benzene rings is 2. The van der Waals surface area contributed by atoms with Crippen LogP contribution >= 0.6 is 0 Å². The summed E-state index contributed by atoms with van der Waals surface area (Å²) in [5.74, 6) is -0.257. The first-order chi connectivity index (χ1) is 14.3. The Morgan fingerprint density at radius 2 is 1.87 bits per heavy atom. The zero-order valence-corrected chi connectivity index (χ0v) is 18.6. The topological polar surface area (TPSA) is 75.7 Å². The fraction of sp³-hybridized carbons (Fsp3) is 0.435. The Labute approximate surface area is 179 Å². The van der Waals surface area contributed by atoms with Gasteiger partial charge in [0.05, 0.1) is 17.6 Å². The van der Waals surface area contributed by atoms with Gasteiger partial charge in [0.2, 0.25) is 15.9 Å². The Kier molecular flexibility index (Phi) is 7.28. The zero-order chi connectivity index (χ0) is 21.7. The van der Waals surface area contributed by atoms with E-state index in [0.717, 1.165) is 16.7 Å². The molecule has 2 aromatic carbocycles. The van der Waals surface area contributed by atoms with Crippen LogP contribution in [0.2, 0.25) is 0 Å². The molecule has 0 aliphatic carbocycles. The molecule has 162 valence electrons. The highest BCUT2D eigenvalue weighted by Gasteiger charge is 2.39. The molecule has 1 atom stereocenters. The van der Waals surface area contributed by atoms with Crippen LogP contribution in [0.4, 0.5) is 0 Å². The summed E-state index contributed by atoms with van der Waals surface area (Å²) in [7, 11) is -3.70. The Morgan fingerprint density at radius 3 is 2.57 bits per heavy atom. The summed E-state index contributed by atoms with van der Waals surface area (Å²) in [6.45, 7) is 7.11. The van der Waals surface area contributed by atoms with Crippen LogP contribution in [0, 0.1) is 6.92 Å². The third-order valence-electron chi connectivity index (χ3n) is 5.18. The third-order valence-corrected chi connectivity index (χ3v) is 7.10. The van der Waals surface area contributed by atoms with E-state index in [1.54, 1.807) is 24.3 Å². The monoisotopic (exact) mass is 430 g/mol. The van der Waals surface area contributed by atoms with Crippen LogP contribution in [0.1, 0.15) is 43.4 Å². The molecule has 0 aromatic heterocycles. The van der Waals surface area contributed by atoms with Crippen LogP contribution in [-0.2, 0) is 32.7 Å². The average molecular weight is 431 g/mol. The van der Waals surface area contributed by atoms with Crippen molar-refractivity contribution in [2.75, 3.05) is 6.54 Å². The van der Waals surface area contributed by atoms with Gasteiger partial charge in [-0.2, -0.15) is 4.31 Å². The van der Waals surface area contributed by atoms with Crippen molar-refractivity contribution in [3.05, 3.63) is 65.2 Å². The molecule has 6 nitrogen and oxygen atoms in total. The van der Waals surface area contributed by atoms with E-state index in [1.807, 2.05) is 45.0 Å². The van der Waals surface area contributed by atoms with Crippen LogP contribution in [0.15, 0.2) is 53.4 Å². The molecule has 2 aromatic rings. The summed E-state index contributed by atoms with van der Waals surface area (Å²) in [4.78, 5) is 13.0. The van der Waals surface area contributed by atoms with E-state index in [2.05, 4.69) is 5.32 Å². The van der Waals surface area contributed by atoms with Gasteiger partial charge >= 0.3 is 0 Å². The molecule has 1 heterocycles. The summed E-state index contributed by atoms with van der Waals surface area (Å²) in [6.07, 6.45) is 1.35. The first kappa shape index (κ1) is 22.5. The van der Waals surface area contributed by atoms with Crippen molar-refractivity contribution in [3.63, 3.8) is 0 Å². The van der Waals surface area contributed by atoms with Gasteiger partial charge in [-0.15, -0.1) is 0 Å². The van der Waals surface area contributed by atoms with E-state index in [0.29, 0.717) is 32.5 Å². The van der Waals surface area contributed by atoms with Gasteiger partial charge in [-0.1, -0.05) is 42.0 Å². The number of sulfonamides is 1. The van der Waals surface area contributed by atoms with Gasteiger partial charge in [-0.25, -0.2) is 8.42 Å². The van der Waals surface area contributed by atoms with Gasteiger partial charge in [-0.05, 0) is 56.9 Å². The van der Waals surface area contributed by atoms with Gasteiger partial charge in [-0.3, -0.25) is 4.79 Å². The first-order valence-electron chi connectivity index (χ1n) is 10.3. The third kappa shape index (κ3) is 5.47. The average Bonchev–Trinajstić information content (AvgIpc) is 3.22. The van der Waals surface area contributed by atoms with Crippen molar-refractivity contribution in [2.45, 2.75) is 63.8 Å². The summed E-state index contributed by atoms with van der Waals surface area (Å²) in [5, 5.41) is 2.91. The number of nitrogens with one attached hydrogen (secondary N) is 1. The molecule has 1 fully saturated rings. The van der Waals surface area contributed by atoms with E-state index in [4.69, 9.17) is 4.74 Å². The number of hydrogen-bond donors (Lipinski definition) is 1. The maximum Gasteiger partial charge on any atom is 0.243 e. The quantitative estimate of drug-likeness (QED) is 0.697. The molecule has 1 aliphatic rings. The Morgan fingerprint density at radius 1 is 1.17 bits per heavy atom. The minimum atomic E-state index is -3.70. The van der Waals surface area contributed by atoms with Crippen LogP contribution in [-0.4, -0.2) is 37.3 Å². The molecule has 7 heteroatoms. The first-order valence-corrected chi connectivity index (χ1v) is 11.8. The summed E-state index contributed by atoms with van der Waals surface area (Å²) in [5.41, 5.74) is 2.99. The van der Waals surface area contributed by atoms with Crippen molar-refractivity contribution in [1.29, 1.82) is 0 Å². The lowest BCUT2D eigenvalue weighted by Gasteiger charge is -2.23. The van der Waals surface area contributed by atoms with Crippen molar-refractivity contribution >= 4 is 15.9 Å².